The molecule has 0 fully saturated rings. The molecule has 1 aromatic carbocycles. The highest BCUT2D eigenvalue weighted by Gasteiger charge is 2.19. The van der Waals surface area contributed by atoms with Crippen molar-refractivity contribution >= 4 is 61.2 Å². The smallest absolute Gasteiger partial charge is 0.269 e. The van der Waals surface area contributed by atoms with Crippen LogP contribution in [0.2, 0.25) is 5.02 Å². The zero-order valence-corrected chi connectivity index (χ0v) is 18.3. The number of fused-ring (bicyclic) bond motifs is 1. The Morgan fingerprint density at radius 3 is 2.66 bits per heavy atom. The van der Waals surface area contributed by atoms with E-state index in [1.54, 1.807) is 0 Å². The topological polar surface area (TPSA) is 80.9 Å². The molecule has 0 aliphatic carbocycles. The van der Waals surface area contributed by atoms with Crippen molar-refractivity contribution in [3.8, 4) is 11.3 Å². The molecule has 0 saturated carbocycles. The lowest BCUT2D eigenvalue weighted by molar-refractivity contribution is 0.103. The Hall–Kier alpha value is -2.48. The number of thiophene rings is 1. The van der Waals surface area contributed by atoms with Gasteiger partial charge in [0.1, 0.15) is 9.71 Å². The predicted octanol–water partition coefficient (Wildman–Crippen LogP) is 6.11. The van der Waals surface area contributed by atoms with E-state index in [4.69, 9.17) is 17.3 Å². The van der Waals surface area contributed by atoms with Gasteiger partial charge < -0.3 is 5.73 Å². The van der Waals surface area contributed by atoms with Gasteiger partial charge in [-0.1, -0.05) is 37.6 Å². The van der Waals surface area contributed by atoms with Gasteiger partial charge in [0, 0.05) is 27.0 Å². The zero-order chi connectivity index (χ0) is 20.5. The maximum atomic E-state index is 12.8. The van der Waals surface area contributed by atoms with Crippen molar-refractivity contribution in [3.63, 3.8) is 0 Å². The zero-order valence-electron chi connectivity index (χ0n) is 15.9. The number of benzene rings is 1. The number of pyridine rings is 1. The summed E-state index contributed by atoms with van der Waals surface area (Å²) < 4.78 is 0. The summed E-state index contributed by atoms with van der Waals surface area (Å²) in [7, 11) is 0. The minimum absolute atomic E-state index is 0.270. The lowest BCUT2D eigenvalue weighted by atomic mass is 10.1. The Morgan fingerprint density at radius 1 is 1.17 bits per heavy atom. The number of anilines is 2. The van der Waals surface area contributed by atoms with Crippen LogP contribution in [0.15, 0.2) is 41.8 Å². The predicted molar refractivity (Wildman–Crippen MR) is 123 cm³/mol. The molecule has 4 aromatic rings. The summed E-state index contributed by atoms with van der Waals surface area (Å²) in [6.07, 6.45) is 0.891. The molecule has 0 spiro atoms. The number of amides is 1. The molecule has 8 heteroatoms. The number of nitrogens with two attached hydrogens (primary N) is 1. The summed E-state index contributed by atoms with van der Waals surface area (Å²) in [6, 6.07) is 11.3. The third-order valence-electron chi connectivity index (χ3n) is 4.34. The van der Waals surface area contributed by atoms with Gasteiger partial charge in [-0.3, -0.25) is 10.1 Å². The molecule has 1 amide bonds. The van der Waals surface area contributed by atoms with Crippen LogP contribution >= 0.6 is 34.3 Å². The van der Waals surface area contributed by atoms with Gasteiger partial charge in [-0.05, 0) is 36.6 Å². The van der Waals surface area contributed by atoms with Crippen LogP contribution in [-0.2, 0) is 6.42 Å². The number of nitrogens with one attached hydrogen (secondary N) is 1. The van der Waals surface area contributed by atoms with Crippen LogP contribution in [0.4, 0.5) is 10.8 Å². The van der Waals surface area contributed by atoms with E-state index in [-0.39, 0.29) is 5.91 Å². The third-order valence-corrected chi connectivity index (χ3v) is 6.46. The second kappa shape index (κ2) is 8.10. The molecule has 0 unspecified atom stereocenters. The molecule has 148 valence electrons. The minimum Gasteiger partial charge on any atom is -0.397 e. The number of nitrogen functional groups attached to an aromatic ring is 1. The molecule has 0 radical (unpaired) electrons. The van der Waals surface area contributed by atoms with Crippen LogP contribution in [0.1, 0.15) is 29.2 Å². The van der Waals surface area contributed by atoms with Crippen LogP contribution in [-0.4, -0.2) is 15.9 Å². The molecule has 0 bridgehead atoms. The quantitative estimate of drug-likeness (QED) is 0.391. The molecule has 0 atom stereocenters. The van der Waals surface area contributed by atoms with Crippen LogP contribution in [0.5, 0.6) is 0 Å². The maximum Gasteiger partial charge on any atom is 0.269 e. The normalized spacial score (nSPS) is 11.3. The molecule has 0 saturated heterocycles. The van der Waals surface area contributed by atoms with E-state index in [1.165, 1.54) is 22.7 Å². The Labute approximate surface area is 181 Å². The Bertz CT molecular complexity index is 1180. The SMILES string of the molecule is CC(C)Cc1ccc2c(N)c(C(=O)Nc3nc(-c4ccc(Cl)cc4)cs3)sc2n1. The summed E-state index contributed by atoms with van der Waals surface area (Å²) in [4.78, 5) is 23.2. The van der Waals surface area contributed by atoms with E-state index in [0.717, 1.165) is 33.6 Å². The monoisotopic (exact) mass is 442 g/mol. The fraction of sp³-hybridized carbons (Fsp3) is 0.190. The van der Waals surface area contributed by atoms with E-state index in [2.05, 4.69) is 29.1 Å². The van der Waals surface area contributed by atoms with Crippen molar-refractivity contribution in [2.45, 2.75) is 20.3 Å². The fourth-order valence-electron chi connectivity index (χ4n) is 2.97. The summed E-state index contributed by atoms with van der Waals surface area (Å²) in [5.41, 5.74) is 9.42. The number of halogens is 1. The average molecular weight is 443 g/mol. The van der Waals surface area contributed by atoms with Crippen molar-refractivity contribution in [1.82, 2.24) is 9.97 Å². The highest BCUT2D eigenvalue weighted by atomic mass is 35.5. The van der Waals surface area contributed by atoms with Crippen molar-refractivity contribution in [2.24, 2.45) is 5.92 Å². The Morgan fingerprint density at radius 2 is 1.93 bits per heavy atom. The van der Waals surface area contributed by atoms with Gasteiger partial charge in [0.2, 0.25) is 0 Å². The van der Waals surface area contributed by atoms with Gasteiger partial charge >= 0.3 is 0 Å². The van der Waals surface area contributed by atoms with Crippen LogP contribution in [0.3, 0.4) is 0 Å². The molecule has 29 heavy (non-hydrogen) atoms. The van der Waals surface area contributed by atoms with Crippen molar-refractivity contribution in [2.75, 3.05) is 11.1 Å². The van der Waals surface area contributed by atoms with E-state index >= 15 is 0 Å². The largest absolute Gasteiger partial charge is 0.397 e. The summed E-state index contributed by atoms with van der Waals surface area (Å²) >= 11 is 8.61. The highest BCUT2D eigenvalue weighted by molar-refractivity contribution is 7.21. The molecule has 4 rings (SSSR count). The maximum absolute atomic E-state index is 12.8. The number of rotatable bonds is 5. The number of carbonyl (C=O) groups excluding carboxylic acids is 1. The van der Waals surface area contributed by atoms with E-state index in [9.17, 15) is 4.79 Å². The summed E-state index contributed by atoms with van der Waals surface area (Å²) in [5, 5.41) is 6.75. The number of carbonyl (C=O) groups is 1. The fourth-order valence-corrected chi connectivity index (χ4v) is 4.82. The van der Waals surface area contributed by atoms with Gasteiger partial charge in [-0.25, -0.2) is 9.97 Å². The molecular formula is C21H19ClN4OS2. The first kappa shape index (κ1) is 19.8. The van der Waals surface area contributed by atoms with E-state index in [0.29, 0.717) is 26.6 Å². The molecule has 3 aromatic heterocycles. The summed E-state index contributed by atoms with van der Waals surface area (Å²) in [6.45, 7) is 4.31. The van der Waals surface area contributed by atoms with Crippen LogP contribution < -0.4 is 11.1 Å². The Balaban J connectivity index is 1.56. The highest BCUT2D eigenvalue weighted by Crippen LogP contribution is 2.34. The van der Waals surface area contributed by atoms with Gasteiger partial charge in [0.25, 0.3) is 5.91 Å². The first-order valence-corrected chi connectivity index (χ1v) is 11.2. The van der Waals surface area contributed by atoms with Crippen LogP contribution in [0, 0.1) is 5.92 Å². The second-order valence-corrected chi connectivity index (χ2v) is 9.39. The van der Waals surface area contributed by atoms with Gasteiger partial charge in [0.15, 0.2) is 5.13 Å². The number of thiazole rings is 1. The van der Waals surface area contributed by atoms with Crippen molar-refractivity contribution in [1.29, 1.82) is 0 Å². The molecule has 3 heterocycles. The lowest BCUT2D eigenvalue weighted by Crippen LogP contribution is -2.11. The van der Waals surface area contributed by atoms with Gasteiger partial charge in [0.05, 0.1) is 11.4 Å². The van der Waals surface area contributed by atoms with E-state index < -0.39 is 0 Å². The number of hydrogen-bond acceptors (Lipinski definition) is 6. The average Bonchev–Trinajstić information content (AvgIpc) is 3.26. The molecule has 0 aliphatic rings. The molecule has 5 nitrogen and oxygen atoms in total. The van der Waals surface area contributed by atoms with Crippen molar-refractivity contribution in [3.05, 3.63) is 57.4 Å². The molecule has 0 aliphatic heterocycles. The standard InChI is InChI=1S/C21H19ClN4OS2/c1-11(2)9-14-7-8-15-17(23)18(29-20(15)24-14)19(27)26-21-25-16(10-28-21)12-3-5-13(22)6-4-12/h3-8,10-11H,9,23H2,1-2H3,(H,25,26,27). The first-order chi connectivity index (χ1) is 13.9. The first-order valence-electron chi connectivity index (χ1n) is 9.11. The molecule has 3 N–H and O–H groups in total. The second-order valence-electron chi connectivity index (χ2n) is 7.10. The third kappa shape index (κ3) is 4.27. The Kier molecular flexibility index (Phi) is 5.54. The number of aromatic nitrogens is 2. The van der Waals surface area contributed by atoms with Gasteiger partial charge in [-0.15, -0.1) is 22.7 Å². The lowest BCUT2D eigenvalue weighted by Gasteiger charge is -2.03. The van der Waals surface area contributed by atoms with Crippen molar-refractivity contribution < 1.29 is 4.79 Å². The van der Waals surface area contributed by atoms with E-state index in [1.807, 2.05) is 41.8 Å². The molecular weight excluding hydrogens is 424 g/mol. The minimum atomic E-state index is -0.270. The number of hydrogen-bond donors (Lipinski definition) is 2. The number of nitrogens with zero attached hydrogens (tertiary/aromatic N) is 2. The van der Waals surface area contributed by atoms with Gasteiger partial charge in [-0.2, -0.15) is 0 Å². The van der Waals surface area contributed by atoms with Crippen LogP contribution in [0.25, 0.3) is 21.5 Å². The summed E-state index contributed by atoms with van der Waals surface area (Å²) in [5.74, 6) is 0.243.